The molecule has 4 heteroatoms. The molecule has 1 aromatic heterocycles. The molecule has 1 aliphatic rings. The van der Waals surface area contributed by atoms with Crippen molar-refractivity contribution in [3.63, 3.8) is 0 Å². The van der Waals surface area contributed by atoms with Crippen LogP contribution in [0.4, 0.5) is 5.69 Å². The fraction of sp³-hybridized carbons (Fsp3) is 0.333. The maximum atomic E-state index is 5.95. The van der Waals surface area contributed by atoms with Gasteiger partial charge in [-0.2, -0.15) is 0 Å². The normalized spacial score (nSPS) is 18.3. The molecule has 0 saturated carbocycles. The average molecular weight is 216 g/mol. The van der Waals surface area contributed by atoms with E-state index >= 15 is 0 Å². The number of pyridine rings is 1. The summed E-state index contributed by atoms with van der Waals surface area (Å²) in [6.45, 7) is 1.90. The molecule has 0 amide bonds. The van der Waals surface area contributed by atoms with Crippen molar-refractivity contribution in [2.45, 2.75) is 6.42 Å². The number of hydrogen-bond donors (Lipinski definition) is 1. The zero-order valence-corrected chi connectivity index (χ0v) is 9.43. The SMILES string of the molecule is CN1CCC(N)=C(C=Nc2ccncc2)C1. The molecule has 0 unspecified atom stereocenters. The van der Waals surface area contributed by atoms with Crippen molar-refractivity contribution in [2.24, 2.45) is 10.7 Å². The van der Waals surface area contributed by atoms with Gasteiger partial charge < -0.3 is 10.6 Å². The molecule has 16 heavy (non-hydrogen) atoms. The number of likely N-dealkylation sites (N-methyl/N-ethyl adjacent to an activating group) is 1. The van der Waals surface area contributed by atoms with Crippen molar-refractivity contribution >= 4 is 11.9 Å². The summed E-state index contributed by atoms with van der Waals surface area (Å²) < 4.78 is 0. The molecule has 2 heterocycles. The zero-order chi connectivity index (χ0) is 11.4. The second-order valence-electron chi connectivity index (χ2n) is 4.00. The van der Waals surface area contributed by atoms with Gasteiger partial charge in [0, 0.05) is 49.4 Å². The van der Waals surface area contributed by atoms with Crippen LogP contribution in [0.3, 0.4) is 0 Å². The Morgan fingerprint density at radius 1 is 1.44 bits per heavy atom. The first-order valence-electron chi connectivity index (χ1n) is 5.36. The van der Waals surface area contributed by atoms with Crippen LogP contribution in [0.25, 0.3) is 0 Å². The lowest BCUT2D eigenvalue weighted by Crippen LogP contribution is -2.30. The minimum Gasteiger partial charge on any atom is -0.402 e. The van der Waals surface area contributed by atoms with Crippen LogP contribution in [-0.2, 0) is 0 Å². The van der Waals surface area contributed by atoms with E-state index in [1.165, 1.54) is 0 Å². The van der Waals surface area contributed by atoms with Gasteiger partial charge in [-0.3, -0.25) is 9.98 Å². The van der Waals surface area contributed by atoms with E-state index in [0.29, 0.717) is 0 Å². The van der Waals surface area contributed by atoms with Crippen LogP contribution < -0.4 is 5.73 Å². The third-order valence-electron chi connectivity index (χ3n) is 2.65. The molecule has 4 nitrogen and oxygen atoms in total. The van der Waals surface area contributed by atoms with Gasteiger partial charge in [0.1, 0.15) is 0 Å². The maximum absolute atomic E-state index is 5.95. The van der Waals surface area contributed by atoms with E-state index in [1.54, 1.807) is 12.4 Å². The number of aromatic nitrogens is 1. The first-order valence-corrected chi connectivity index (χ1v) is 5.36. The van der Waals surface area contributed by atoms with E-state index in [1.807, 2.05) is 18.3 Å². The standard InChI is InChI=1S/C12H16N4/c1-16-7-4-12(13)10(9-16)8-15-11-2-5-14-6-3-11/h2-3,5-6,8H,4,7,9,13H2,1H3. The van der Waals surface area contributed by atoms with Crippen molar-refractivity contribution in [3.8, 4) is 0 Å². The summed E-state index contributed by atoms with van der Waals surface area (Å²) in [5, 5.41) is 0. The monoisotopic (exact) mass is 216 g/mol. The summed E-state index contributed by atoms with van der Waals surface area (Å²) in [6.07, 6.45) is 6.25. The van der Waals surface area contributed by atoms with E-state index in [4.69, 9.17) is 5.73 Å². The molecule has 0 aliphatic carbocycles. The first-order chi connectivity index (χ1) is 7.75. The Balaban J connectivity index is 2.12. The Kier molecular flexibility index (Phi) is 3.31. The summed E-state index contributed by atoms with van der Waals surface area (Å²) in [5.41, 5.74) is 8.93. The fourth-order valence-electron chi connectivity index (χ4n) is 1.65. The third-order valence-corrected chi connectivity index (χ3v) is 2.65. The second-order valence-corrected chi connectivity index (χ2v) is 4.00. The van der Waals surface area contributed by atoms with Gasteiger partial charge in [-0.15, -0.1) is 0 Å². The van der Waals surface area contributed by atoms with Crippen molar-refractivity contribution in [2.75, 3.05) is 20.1 Å². The quantitative estimate of drug-likeness (QED) is 0.759. The largest absolute Gasteiger partial charge is 0.402 e. The number of nitrogens with two attached hydrogens (primary N) is 1. The van der Waals surface area contributed by atoms with Gasteiger partial charge in [0.25, 0.3) is 0 Å². The highest BCUT2D eigenvalue weighted by Gasteiger charge is 2.11. The van der Waals surface area contributed by atoms with Crippen molar-refractivity contribution in [3.05, 3.63) is 35.8 Å². The molecule has 0 saturated heterocycles. The van der Waals surface area contributed by atoms with Crippen LogP contribution in [0.5, 0.6) is 0 Å². The molecule has 2 rings (SSSR count). The van der Waals surface area contributed by atoms with Gasteiger partial charge in [0.15, 0.2) is 0 Å². The van der Waals surface area contributed by atoms with Gasteiger partial charge in [-0.25, -0.2) is 0 Å². The van der Waals surface area contributed by atoms with Crippen molar-refractivity contribution in [1.29, 1.82) is 0 Å². The molecule has 0 spiro atoms. The van der Waals surface area contributed by atoms with Crippen LogP contribution in [0.2, 0.25) is 0 Å². The molecule has 1 aromatic rings. The average Bonchev–Trinajstić information content (AvgIpc) is 2.32. The lowest BCUT2D eigenvalue weighted by molar-refractivity contribution is 0.353. The highest BCUT2D eigenvalue weighted by molar-refractivity contribution is 5.82. The molecule has 84 valence electrons. The summed E-state index contributed by atoms with van der Waals surface area (Å²) in [7, 11) is 2.09. The third kappa shape index (κ3) is 2.67. The molecule has 2 N–H and O–H groups in total. The van der Waals surface area contributed by atoms with Crippen LogP contribution in [0, 0.1) is 0 Å². The highest BCUT2D eigenvalue weighted by atomic mass is 15.1. The smallest absolute Gasteiger partial charge is 0.0660 e. The van der Waals surface area contributed by atoms with E-state index in [2.05, 4.69) is 21.9 Å². The molecule has 0 bridgehead atoms. The zero-order valence-electron chi connectivity index (χ0n) is 9.43. The first kappa shape index (κ1) is 10.8. The highest BCUT2D eigenvalue weighted by Crippen LogP contribution is 2.13. The second kappa shape index (κ2) is 4.90. The van der Waals surface area contributed by atoms with Gasteiger partial charge in [-0.1, -0.05) is 0 Å². The molecule has 1 aliphatic heterocycles. The van der Waals surface area contributed by atoms with Crippen molar-refractivity contribution in [1.82, 2.24) is 9.88 Å². The minimum atomic E-state index is 0.875. The molecule has 0 aromatic carbocycles. The molecular formula is C12H16N4. The number of aliphatic imine (C=N–C) groups is 1. The van der Waals surface area contributed by atoms with Crippen LogP contribution in [0.15, 0.2) is 40.8 Å². The molecular weight excluding hydrogens is 200 g/mol. The van der Waals surface area contributed by atoms with Crippen molar-refractivity contribution < 1.29 is 0 Å². The Bertz CT molecular complexity index is 408. The van der Waals surface area contributed by atoms with E-state index < -0.39 is 0 Å². The Morgan fingerprint density at radius 2 is 2.19 bits per heavy atom. The van der Waals surface area contributed by atoms with Gasteiger partial charge in [-0.05, 0) is 19.2 Å². The number of hydrogen-bond acceptors (Lipinski definition) is 4. The van der Waals surface area contributed by atoms with Gasteiger partial charge in [0.2, 0.25) is 0 Å². The van der Waals surface area contributed by atoms with E-state index in [-0.39, 0.29) is 0 Å². The fourth-order valence-corrected chi connectivity index (χ4v) is 1.65. The van der Waals surface area contributed by atoms with Gasteiger partial charge >= 0.3 is 0 Å². The lowest BCUT2D eigenvalue weighted by Gasteiger charge is -2.23. The van der Waals surface area contributed by atoms with E-state index in [0.717, 1.165) is 36.5 Å². The van der Waals surface area contributed by atoms with Crippen LogP contribution in [-0.4, -0.2) is 36.2 Å². The minimum absolute atomic E-state index is 0.875. The summed E-state index contributed by atoms with van der Waals surface area (Å²) in [6, 6.07) is 3.75. The van der Waals surface area contributed by atoms with Crippen LogP contribution in [0.1, 0.15) is 6.42 Å². The van der Waals surface area contributed by atoms with E-state index in [9.17, 15) is 0 Å². The Labute approximate surface area is 95.5 Å². The Morgan fingerprint density at radius 3 is 2.94 bits per heavy atom. The molecule has 0 fully saturated rings. The maximum Gasteiger partial charge on any atom is 0.0660 e. The lowest BCUT2D eigenvalue weighted by atomic mass is 10.1. The number of nitrogens with zero attached hydrogens (tertiary/aromatic N) is 3. The predicted octanol–water partition coefficient (Wildman–Crippen LogP) is 1.33. The van der Waals surface area contributed by atoms with Gasteiger partial charge in [0.05, 0.1) is 5.69 Å². The van der Waals surface area contributed by atoms with Crippen LogP contribution >= 0.6 is 0 Å². The summed E-state index contributed by atoms with van der Waals surface area (Å²) in [4.78, 5) is 10.6. The topological polar surface area (TPSA) is 54.5 Å². The Hall–Kier alpha value is -1.68. The summed E-state index contributed by atoms with van der Waals surface area (Å²) in [5.74, 6) is 0. The number of rotatable bonds is 2. The molecule has 0 radical (unpaired) electrons. The predicted molar refractivity (Wildman–Crippen MR) is 65.7 cm³/mol. The summed E-state index contributed by atoms with van der Waals surface area (Å²) >= 11 is 0. The molecule has 0 atom stereocenters.